The summed E-state index contributed by atoms with van der Waals surface area (Å²) in [5, 5.41) is 0. The minimum atomic E-state index is 0.751. The molecule has 1 aromatic rings. The molecule has 0 atom stereocenters. The molecule has 0 heterocycles. The van der Waals surface area contributed by atoms with Crippen LogP contribution < -0.4 is 5.73 Å². The Bertz CT molecular complexity index is 369. The first kappa shape index (κ1) is 13.2. The number of rotatable bonds is 4. The predicted molar refractivity (Wildman–Crippen MR) is 79.6 cm³/mol. The number of anilines is 1. The van der Waals surface area contributed by atoms with Gasteiger partial charge in [-0.25, -0.2) is 0 Å². The van der Waals surface area contributed by atoms with Crippen LogP contribution in [0.2, 0.25) is 0 Å². The second-order valence-corrected chi connectivity index (χ2v) is 5.50. The van der Waals surface area contributed by atoms with Crippen LogP contribution in [-0.4, -0.2) is 0 Å². The maximum absolute atomic E-state index is 5.74. The first-order chi connectivity index (χ1) is 8.79. The largest absolute Gasteiger partial charge is 0.399 e. The first-order valence-electron chi connectivity index (χ1n) is 7.31. The summed E-state index contributed by atoms with van der Waals surface area (Å²) in [6.07, 6.45) is 12.6. The molecule has 1 fully saturated rings. The Labute approximate surface area is 111 Å². The van der Waals surface area contributed by atoms with Crippen LogP contribution in [0, 0.1) is 5.92 Å². The molecule has 0 bridgehead atoms. The molecule has 1 saturated carbocycles. The predicted octanol–water partition coefficient (Wildman–Crippen LogP) is 4.90. The number of allylic oxidation sites excluding steroid dienone is 2. The zero-order chi connectivity index (χ0) is 12.8. The smallest absolute Gasteiger partial charge is 0.0314 e. The van der Waals surface area contributed by atoms with Crippen molar-refractivity contribution in [1.29, 1.82) is 0 Å². The Morgan fingerprint density at radius 1 is 1.11 bits per heavy atom. The molecule has 1 aromatic carbocycles. The fourth-order valence-electron chi connectivity index (χ4n) is 2.87. The van der Waals surface area contributed by atoms with E-state index in [2.05, 4.69) is 31.2 Å². The fraction of sp³-hybridized carbons (Fsp3) is 0.529. The molecular weight excluding hydrogens is 218 g/mol. The topological polar surface area (TPSA) is 26.0 Å². The summed E-state index contributed by atoms with van der Waals surface area (Å²) in [5.74, 6) is 1.57. The van der Waals surface area contributed by atoms with Crippen molar-refractivity contribution >= 4 is 5.69 Å². The van der Waals surface area contributed by atoms with E-state index in [9.17, 15) is 0 Å². The van der Waals surface area contributed by atoms with Gasteiger partial charge in [-0.2, -0.15) is 0 Å². The molecule has 2 rings (SSSR count). The van der Waals surface area contributed by atoms with Gasteiger partial charge in [0.1, 0.15) is 0 Å². The van der Waals surface area contributed by atoms with Crippen molar-refractivity contribution < 1.29 is 0 Å². The van der Waals surface area contributed by atoms with Gasteiger partial charge in [0.05, 0.1) is 0 Å². The van der Waals surface area contributed by atoms with E-state index in [1.165, 1.54) is 44.1 Å². The molecule has 1 nitrogen and oxygen atoms in total. The molecule has 0 spiro atoms. The van der Waals surface area contributed by atoms with E-state index >= 15 is 0 Å². The third-order valence-corrected chi connectivity index (χ3v) is 4.04. The van der Waals surface area contributed by atoms with Crippen LogP contribution in [0.25, 0.3) is 0 Å². The van der Waals surface area contributed by atoms with E-state index in [4.69, 9.17) is 5.73 Å². The van der Waals surface area contributed by atoms with Gasteiger partial charge in [-0.05, 0) is 61.6 Å². The SMILES string of the molecule is CCC/C=C/C1CCC(c2ccc(N)cc2)CC1. The zero-order valence-corrected chi connectivity index (χ0v) is 11.4. The van der Waals surface area contributed by atoms with Gasteiger partial charge in [-0.15, -0.1) is 0 Å². The second-order valence-electron chi connectivity index (χ2n) is 5.50. The van der Waals surface area contributed by atoms with E-state index in [1.54, 1.807) is 0 Å². The second kappa shape index (κ2) is 6.63. The molecule has 1 aliphatic carbocycles. The normalized spacial score (nSPS) is 24.5. The number of nitrogen functional groups attached to an aromatic ring is 1. The summed E-state index contributed by atoms with van der Waals surface area (Å²) in [6.45, 7) is 2.24. The van der Waals surface area contributed by atoms with Crippen molar-refractivity contribution in [3.05, 3.63) is 42.0 Å². The Morgan fingerprint density at radius 3 is 2.39 bits per heavy atom. The van der Waals surface area contributed by atoms with Crippen molar-refractivity contribution in [2.45, 2.75) is 51.4 Å². The molecule has 1 aliphatic rings. The van der Waals surface area contributed by atoms with Crippen LogP contribution in [-0.2, 0) is 0 Å². The minimum Gasteiger partial charge on any atom is -0.399 e. The summed E-state index contributed by atoms with van der Waals surface area (Å²) in [6, 6.07) is 8.46. The molecule has 2 N–H and O–H groups in total. The maximum Gasteiger partial charge on any atom is 0.0314 e. The summed E-state index contributed by atoms with van der Waals surface area (Å²) in [4.78, 5) is 0. The van der Waals surface area contributed by atoms with Gasteiger partial charge in [0.25, 0.3) is 0 Å². The Balaban J connectivity index is 1.84. The van der Waals surface area contributed by atoms with Gasteiger partial charge in [-0.3, -0.25) is 0 Å². The lowest BCUT2D eigenvalue weighted by Crippen LogP contribution is -2.11. The maximum atomic E-state index is 5.74. The first-order valence-corrected chi connectivity index (χ1v) is 7.31. The molecular formula is C17H25N. The van der Waals surface area contributed by atoms with Crippen molar-refractivity contribution in [3.8, 4) is 0 Å². The van der Waals surface area contributed by atoms with Crippen molar-refractivity contribution in [1.82, 2.24) is 0 Å². The summed E-state index contributed by atoms with van der Waals surface area (Å²) >= 11 is 0. The van der Waals surface area contributed by atoms with E-state index in [0.29, 0.717) is 0 Å². The molecule has 0 aliphatic heterocycles. The highest BCUT2D eigenvalue weighted by Gasteiger charge is 2.20. The van der Waals surface area contributed by atoms with E-state index in [1.807, 2.05) is 12.1 Å². The molecule has 0 radical (unpaired) electrons. The quantitative estimate of drug-likeness (QED) is 0.591. The van der Waals surface area contributed by atoms with Crippen molar-refractivity contribution in [3.63, 3.8) is 0 Å². The van der Waals surface area contributed by atoms with Gasteiger partial charge < -0.3 is 5.73 Å². The summed E-state index contributed by atoms with van der Waals surface area (Å²) < 4.78 is 0. The minimum absolute atomic E-state index is 0.751. The molecule has 0 saturated heterocycles. The lowest BCUT2D eigenvalue weighted by atomic mass is 9.78. The summed E-state index contributed by atoms with van der Waals surface area (Å²) in [7, 11) is 0. The third-order valence-electron chi connectivity index (χ3n) is 4.04. The molecule has 98 valence electrons. The molecule has 0 unspecified atom stereocenters. The van der Waals surface area contributed by atoms with E-state index < -0.39 is 0 Å². The van der Waals surface area contributed by atoms with Gasteiger partial charge in [0.15, 0.2) is 0 Å². The van der Waals surface area contributed by atoms with Crippen LogP contribution in [0.15, 0.2) is 36.4 Å². The number of unbranched alkanes of at least 4 members (excludes halogenated alkanes) is 1. The average molecular weight is 243 g/mol. The van der Waals surface area contributed by atoms with Crippen LogP contribution >= 0.6 is 0 Å². The van der Waals surface area contributed by atoms with Crippen LogP contribution in [0.4, 0.5) is 5.69 Å². The van der Waals surface area contributed by atoms with Crippen LogP contribution in [0.5, 0.6) is 0 Å². The van der Waals surface area contributed by atoms with Crippen LogP contribution in [0.3, 0.4) is 0 Å². The highest BCUT2D eigenvalue weighted by Crippen LogP contribution is 2.36. The number of nitrogens with two attached hydrogens (primary N) is 1. The fourth-order valence-corrected chi connectivity index (χ4v) is 2.87. The van der Waals surface area contributed by atoms with Crippen LogP contribution in [0.1, 0.15) is 56.9 Å². The Kier molecular flexibility index (Phi) is 4.86. The Hall–Kier alpha value is -1.24. The van der Waals surface area contributed by atoms with E-state index in [0.717, 1.165) is 17.5 Å². The Morgan fingerprint density at radius 2 is 1.78 bits per heavy atom. The third kappa shape index (κ3) is 3.63. The molecule has 1 heteroatoms. The number of hydrogen-bond acceptors (Lipinski definition) is 1. The summed E-state index contributed by atoms with van der Waals surface area (Å²) in [5.41, 5.74) is 8.08. The molecule has 0 amide bonds. The lowest BCUT2D eigenvalue weighted by Gasteiger charge is -2.27. The van der Waals surface area contributed by atoms with Gasteiger partial charge >= 0.3 is 0 Å². The lowest BCUT2D eigenvalue weighted by molar-refractivity contribution is 0.375. The van der Waals surface area contributed by atoms with Crippen molar-refractivity contribution in [2.24, 2.45) is 5.92 Å². The number of hydrogen-bond donors (Lipinski definition) is 1. The monoisotopic (exact) mass is 243 g/mol. The average Bonchev–Trinajstić information content (AvgIpc) is 2.41. The standard InChI is InChI=1S/C17H25N/c1-2-3-4-5-14-6-8-15(9-7-14)16-10-12-17(18)13-11-16/h4-5,10-15H,2-3,6-9,18H2,1H3/b5-4+. The highest BCUT2D eigenvalue weighted by molar-refractivity contribution is 5.40. The molecule has 18 heavy (non-hydrogen) atoms. The number of benzene rings is 1. The van der Waals surface area contributed by atoms with Gasteiger partial charge in [0, 0.05) is 5.69 Å². The van der Waals surface area contributed by atoms with Gasteiger partial charge in [-0.1, -0.05) is 37.6 Å². The van der Waals surface area contributed by atoms with Gasteiger partial charge in [0.2, 0.25) is 0 Å². The van der Waals surface area contributed by atoms with E-state index in [-0.39, 0.29) is 0 Å². The molecule has 0 aromatic heterocycles. The van der Waals surface area contributed by atoms with Crippen molar-refractivity contribution in [2.75, 3.05) is 5.73 Å². The zero-order valence-electron chi connectivity index (χ0n) is 11.4. The highest BCUT2D eigenvalue weighted by atomic mass is 14.5.